The smallest absolute Gasteiger partial charge is 0.253 e. The highest BCUT2D eigenvalue weighted by Gasteiger charge is 2.11. The minimum Gasteiger partial charge on any atom is -0.349 e. The number of hydrogen-bond donors (Lipinski definition) is 1. The predicted molar refractivity (Wildman–Crippen MR) is 81.1 cm³/mol. The van der Waals surface area contributed by atoms with Crippen LogP contribution in [0.15, 0.2) is 42.6 Å². The van der Waals surface area contributed by atoms with E-state index in [1.165, 1.54) is 17.3 Å². The number of rotatable bonds is 4. The van der Waals surface area contributed by atoms with Crippen molar-refractivity contribution in [3.8, 4) is 0 Å². The molecule has 1 aromatic heterocycles. The Bertz CT molecular complexity index is 596. The topological polar surface area (TPSA) is 42.0 Å². The number of nitrogens with zero attached hydrogens (tertiary/aromatic N) is 1. The van der Waals surface area contributed by atoms with E-state index >= 15 is 0 Å². The highest BCUT2D eigenvalue weighted by Crippen LogP contribution is 2.10. The molecule has 1 amide bonds. The van der Waals surface area contributed by atoms with Gasteiger partial charge in [0.05, 0.1) is 5.56 Å². The van der Waals surface area contributed by atoms with Crippen LogP contribution < -0.4 is 5.32 Å². The summed E-state index contributed by atoms with van der Waals surface area (Å²) in [6.45, 7) is 4.07. The van der Waals surface area contributed by atoms with Crippen molar-refractivity contribution in [2.75, 3.05) is 0 Å². The van der Waals surface area contributed by atoms with Crippen molar-refractivity contribution in [2.45, 2.75) is 26.3 Å². The van der Waals surface area contributed by atoms with Crippen molar-refractivity contribution in [1.29, 1.82) is 0 Å². The van der Waals surface area contributed by atoms with E-state index in [9.17, 15) is 4.79 Å². The fourth-order valence-corrected chi connectivity index (χ4v) is 2.15. The quantitative estimate of drug-likeness (QED) is 0.876. The zero-order valence-corrected chi connectivity index (χ0v) is 12.3. The molecule has 0 bridgehead atoms. The second kappa shape index (κ2) is 6.53. The molecule has 0 aliphatic carbocycles. The minimum atomic E-state index is -0.129. The van der Waals surface area contributed by atoms with Gasteiger partial charge in [-0.25, -0.2) is 4.98 Å². The van der Waals surface area contributed by atoms with E-state index in [1.807, 2.05) is 19.1 Å². The average Bonchev–Trinajstić information content (AvgIpc) is 2.42. The van der Waals surface area contributed by atoms with Gasteiger partial charge in [-0.1, -0.05) is 35.9 Å². The molecule has 1 aromatic carbocycles. The van der Waals surface area contributed by atoms with Gasteiger partial charge < -0.3 is 5.32 Å². The third-order valence-corrected chi connectivity index (χ3v) is 3.38. The molecule has 0 fully saturated rings. The van der Waals surface area contributed by atoms with E-state index in [1.54, 1.807) is 12.1 Å². The van der Waals surface area contributed by atoms with Crippen LogP contribution in [0.5, 0.6) is 0 Å². The molecule has 2 rings (SSSR count). The molecule has 1 atom stereocenters. The van der Waals surface area contributed by atoms with Gasteiger partial charge in [0.25, 0.3) is 5.91 Å². The van der Waals surface area contributed by atoms with Gasteiger partial charge in [0.1, 0.15) is 5.15 Å². The van der Waals surface area contributed by atoms with Crippen LogP contribution in [0, 0.1) is 6.92 Å². The molecule has 0 saturated carbocycles. The van der Waals surface area contributed by atoms with E-state index < -0.39 is 0 Å². The Morgan fingerprint density at radius 2 is 2.05 bits per heavy atom. The summed E-state index contributed by atoms with van der Waals surface area (Å²) in [6, 6.07) is 11.5. The summed E-state index contributed by atoms with van der Waals surface area (Å²) in [5, 5.41) is 3.35. The lowest BCUT2D eigenvalue weighted by Gasteiger charge is -2.15. The molecule has 4 heteroatoms. The molecule has 1 N–H and O–H groups in total. The first-order valence-electron chi connectivity index (χ1n) is 6.53. The van der Waals surface area contributed by atoms with Crippen molar-refractivity contribution in [3.05, 3.63) is 64.4 Å². The largest absolute Gasteiger partial charge is 0.349 e. The molecule has 0 aliphatic rings. The maximum Gasteiger partial charge on any atom is 0.253 e. The molecule has 0 saturated heterocycles. The number of carbonyl (C=O) groups excluding carboxylic acids is 1. The van der Waals surface area contributed by atoms with Crippen molar-refractivity contribution >= 4 is 17.5 Å². The molecule has 0 aliphatic heterocycles. The van der Waals surface area contributed by atoms with Crippen LogP contribution in [0.4, 0.5) is 0 Å². The van der Waals surface area contributed by atoms with Crippen molar-refractivity contribution < 1.29 is 4.79 Å². The number of amides is 1. The number of aromatic nitrogens is 1. The van der Waals surface area contributed by atoms with Gasteiger partial charge >= 0.3 is 0 Å². The Kier molecular flexibility index (Phi) is 4.74. The maximum absolute atomic E-state index is 12.0. The predicted octanol–water partition coefficient (Wildman–Crippen LogP) is 3.40. The van der Waals surface area contributed by atoms with Gasteiger partial charge in [-0.2, -0.15) is 0 Å². The van der Waals surface area contributed by atoms with E-state index in [-0.39, 0.29) is 11.9 Å². The number of hydrogen-bond acceptors (Lipinski definition) is 2. The third kappa shape index (κ3) is 3.81. The summed E-state index contributed by atoms with van der Waals surface area (Å²) in [5.41, 5.74) is 3.00. The highest BCUT2D eigenvalue weighted by molar-refractivity contribution is 6.29. The van der Waals surface area contributed by atoms with Gasteiger partial charge in [0, 0.05) is 12.2 Å². The van der Waals surface area contributed by atoms with E-state index in [2.05, 4.69) is 29.4 Å². The summed E-state index contributed by atoms with van der Waals surface area (Å²) in [4.78, 5) is 16.0. The zero-order chi connectivity index (χ0) is 14.5. The van der Waals surface area contributed by atoms with Gasteiger partial charge in [-0.05, 0) is 43.5 Å². The number of halogens is 1. The first kappa shape index (κ1) is 14.5. The number of benzene rings is 1. The van der Waals surface area contributed by atoms with Gasteiger partial charge in [-0.3, -0.25) is 4.79 Å². The maximum atomic E-state index is 12.0. The second-order valence-electron chi connectivity index (χ2n) is 4.87. The van der Waals surface area contributed by atoms with Crippen LogP contribution in [-0.4, -0.2) is 16.9 Å². The lowest BCUT2D eigenvalue weighted by atomic mass is 10.0. The van der Waals surface area contributed by atoms with Crippen LogP contribution in [0.3, 0.4) is 0 Å². The van der Waals surface area contributed by atoms with Crippen molar-refractivity contribution in [2.24, 2.45) is 0 Å². The molecule has 1 heterocycles. The van der Waals surface area contributed by atoms with E-state index in [4.69, 9.17) is 11.6 Å². The van der Waals surface area contributed by atoms with Crippen LogP contribution >= 0.6 is 11.6 Å². The Hall–Kier alpha value is -1.87. The number of nitrogens with one attached hydrogen (secondary N) is 1. The van der Waals surface area contributed by atoms with Crippen LogP contribution in [0.1, 0.15) is 28.4 Å². The van der Waals surface area contributed by atoms with Gasteiger partial charge in [0.15, 0.2) is 0 Å². The molecule has 3 nitrogen and oxygen atoms in total. The lowest BCUT2D eigenvalue weighted by molar-refractivity contribution is 0.0939. The average molecular weight is 289 g/mol. The van der Waals surface area contributed by atoms with Crippen LogP contribution in [0.2, 0.25) is 5.15 Å². The lowest BCUT2D eigenvalue weighted by Crippen LogP contribution is -2.34. The summed E-state index contributed by atoms with van der Waals surface area (Å²) >= 11 is 5.70. The SMILES string of the molecule is Cc1ccccc1CC(C)NC(=O)c1ccc(Cl)nc1. The zero-order valence-electron chi connectivity index (χ0n) is 11.6. The molecular weight excluding hydrogens is 272 g/mol. The fourth-order valence-electron chi connectivity index (χ4n) is 2.04. The normalized spacial score (nSPS) is 11.9. The van der Waals surface area contributed by atoms with Gasteiger partial charge in [-0.15, -0.1) is 0 Å². The molecular formula is C16H17ClN2O. The van der Waals surface area contributed by atoms with Crippen LogP contribution in [0.25, 0.3) is 0 Å². The van der Waals surface area contributed by atoms with Crippen molar-refractivity contribution in [1.82, 2.24) is 10.3 Å². The summed E-state index contributed by atoms with van der Waals surface area (Å²) in [7, 11) is 0. The minimum absolute atomic E-state index is 0.0549. The standard InChI is InChI=1S/C16H17ClN2O/c1-11-5-3-4-6-13(11)9-12(2)19-16(20)14-7-8-15(17)18-10-14/h3-8,10,12H,9H2,1-2H3,(H,19,20). The van der Waals surface area contributed by atoms with E-state index in [0.717, 1.165) is 6.42 Å². The summed E-state index contributed by atoms with van der Waals surface area (Å²) in [6.07, 6.45) is 2.29. The fraction of sp³-hybridized carbons (Fsp3) is 0.250. The third-order valence-electron chi connectivity index (χ3n) is 3.15. The molecule has 20 heavy (non-hydrogen) atoms. The van der Waals surface area contributed by atoms with Crippen molar-refractivity contribution in [3.63, 3.8) is 0 Å². The molecule has 1 unspecified atom stereocenters. The van der Waals surface area contributed by atoms with Gasteiger partial charge in [0.2, 0.25) is 0 Å². The number of carbonyl (C=O) groups is 1. The molecule has 0 radical (unpaired) electrons. The Balaban J connectivity index is 1.98. The van der Waals surface area contributed by atoms with Crippen LogP contribution in [-0.2, 0) is 6.42 Å². The molecule has 104 valence electrons. The Labute approximate surface area is 124 Å². The first-order valence-corrected chi connectivity index (χ1v) is 6.91. The molecule has 2 aromatic rings. The Morgan fingerprint density at radius 3 is 2.70 bits per heavy atom. The summed E-state index contributed by atoms with van der Waals surface area (Å²) in [5.74, 6) is -0.129. The Morgan fingerprint density at radius 1 is 1.30 bits per heavy atom. The van der Waals surface area contributed by atoms with E-state index in [0.29, 0.717) is 10.7 Å². The summed E-state index contributed by atoms with van der Waals surface area (Å²) < 4.78 is 0. The number of aryl methyl sites for hydroxylation is 1. The first-order chi connectivity index (χ1) is 9.56. The molecule has 0 spiro atoms. The monoisotopic (exact) mass is 288 g/mol. The number of pyridine rings is 1. The second-order valence-corrected chi connectivity index (χ2v) is 5.26. The highest BCUT2D eigenvalue weighted by atomic mass is 35.5.